The Morgan fingerprint density at radius 3 is 2.64 bits per heavy atom. The van der Waals surface area contributed by atoms with Crippen molar-refractivity contribution in [3.8, 4) is 0 Å². The third kappa shape index (κ3) is 2.97. The second kappa shape index (κ2) is 5.74. The molecule has 14 heavy (non-hydrogen) atoms. The number of hydrogen-bond donors (Lipinski definition) is 0. The molecule has 0 N–H and O–H groups in total. The van der Waals surface area contributed by atoms with Gasteiger partial charge in [0.05, 0.1) is 0 Å². The largest absolute Gasteiger partial charge is 0.294 e. The molecule has 0 spiro atoms. The highest BCUT2D eigenvalue weighted by atomic mass is 79.9. The van der Waals surface area contributed by atoms with Crippen LogP contribution in [0.2, 0.25) is 0 Å². The van der Waals surface area contributed by atoms with Gasteiger partial charge in [-0.15, -0.1) is 23.2 Å². The van der Waals surface area contributed by atoms with Gasteiger partial charge >= 0.3 is 0 Å². The molecule has 1 aromatic rings. The lowest BCUT2D eigenvalue weighted by Gasteiger charge is -2.05. The number of alkyl halides is 2. The summed E-state index contributed by atoms with van der Waals surface area (Å²) < 4.78 is 0.879. The molecule has 0 fully saturated rings. The highest BCUT2D eigenvalue weighted by molar-refractivity contribution is 9.10. The summed E-state index contributed by atoms with van der Waals surface area (Å²) >= 11 is 14.6. The van der Waals surface area contributed by atoms with Crippen molar-refractivity contribution in [2.75, 3.05) is 5.88 Å². The Balaban J connectivity index is 3.03. The molecule has 0 aliphatic heterocycles. The van der Waals surface area contributed by atoms with E-state index in [1.54, 1.807) is 6.07 Å². The molecule has 0 saturated carbocycles. The maximum Gasteiger partial charge on any atom is 0.164 e. The highest BCUT2D eigenvalue weighted by Crippen LogP contribution is 2.19. The van der Waals surface area contributed by atoms with Crippen LogP contribution in [-0.2, 0) is 5.88 Å². The van der Waals surface area contributed by atoms with E-state index in [0.29, 0.717) is 23.7 Å². The SMILES string of the molecule is O=C(CCCl)c1cc(Br)ccc1CCl. The van der Waals surface area contributed by atoms with Crippen LogP contribution in [-0.4, -0.2) is 11.7 Å². The molecular weight excluding hydrogens is 287 g/mol. The number of Topliss-reactive ketones (excluding diaryl/α,β-unsaturated/α-hetero) is 1. The van der Waals surface area contributed by atoms with Gasteiger partial charge in [-0.05, 0) is 17.7 Å². The van der Waals surface area contributed by atoms with Crippen molar-refractivity contribution in [3.05, 3.63) is 33.8 Å². The fourth-order valence-electron chi connectivity index (χ4n) is 1.15. The molecule has 1 aromatic carbocycles. The normalized spacial score (nSPS) is 10.2. The lowest BCUT2D eigenvalue weighted by atomic mass is 10.0. The molecule has 0 bridgehead atoms. The van der Waals surface area contributed by atoms with Crippen LogP contribution in [0.5, 0.6) is 0 Å². The number of halogens is 3. The molecule has 0 atom stereocenters. The fourth-order valence-corrected chi connectivity index (χ4v) is 1.91. The van der Waals surface area contributed by atoms with E-state index in [2.05, 4.69) is 15.9 Å². The lowest BCUT2D eigenvalue weighted by molar-refractivity contribution is 0.0988. The van der Waals surface area contributed by atoms with Crippen molar-refractivity contribution < 1.29 is 4.79 Å². The van der Waals surface area contributed by atoms with Crippen molar-refractivity contribution in [2.24, 2.45) is 0 Å². The summed E-state index contributed by atoms with van der Waals surface area (Å²) in [7, 11) is 0. The topological polar surface area (TPSA) is 17.1 Å². The minimum Gasteiger partial charge on any atom is -0.294 e. The monoisotopic (exact) mass is 294 g/mol. The Bertz CT molecular complexity index is 339. The third-order valence-electron chi connectivity index (χ3n) is 1.84. The number of carbonyl (C=O) groups is 1. The average molecular weight is 296 g/mol. The lowest BCUT2D eigenvalue weighted by Crippen LogP contribution is -2.03. The van der Waals surface area contributed by atoms with Gasteiger partial charge in [0, 0.05) is 28.2 Å². The van der Waals surface area contributed by atoms with Gasteiger partial charge in [-0.2, -0.15) is 0 Å². The first-order valence-electron chi connectivity index (χ1n) is 4.12. The molecular formula is C10H9BrCl2O. The summed E-state index contributed by atoms with van der Waals surface area (Å²) in [5.41, 5.74) is 1.51. The zero-order chi connectivity index (χ0) is 10.6. The summed E-state index contributed by atoms with van der Waals surface area (Å²) in [6.07, 6.45) is 0.349. The molecule has 4 heteroatoms. The summed E-state index contributed by atoms with van der Waals surface area (Å²) in [6, 6.07) is 5.50. The van der Waals surface area contributed by atoms with E-state index < -0.39 is 0 Å². The van der Waals surface area contributed by atoms with Gasteiger partial charge in [-0.25, -0.2) is 0 Å². The predicted molar refractivity (Wildman–Crippen MR) is 63.4 cm³/mol. The molecule has 0 saturated heterocycles. The number of ketones is 1. The van der Waals surface area contributed by atoms with Gasteiger partial charge in [0.15, 0.2) is 5.78 Å². The van der Waals surface area contributed by atoms with Crippen molar-refractivity contribution in [1.82, 2.24) is 0 Å². The number of rotatable bonds is 4. The van der Waals surface area contributed by atoms with Gasteiger partial charge in [-0.1, -0.05) is 22.0 Å². The summed E-state index contributed by atoms with van der Waals surface area (Å²) in [6.45, 7) is 0. The fraction of sp³-hybridized carbons (Fsp3) is 0.300. The van der Waals surface area contributed by atoms with E-state index in [1.807, 2.05) is 12.1 Å². The molecule has 0 amide bonds. The van der Waals surface area contributed by atoms with Crippen molar-refractivity contribution >= 4 is 44.9 Å². The minimum atomic E-state index is 0.0388. The number of carbonyl (C=O) groups excluding carboxylic acids is 1. The van der Waals surface area contributed by atoms with Crippen LogP contribution < -0.4 is 0 Å². The molecule has 0 unspecified atom stereocenters. The molecule has 1 nitrogen and oxygen atoms in total. The van der Waals surface area contributed by atoms with Gasteiger partial charge < -0.3 is 0 Å². The summed E-state index contributed by atoms with van der Waals surface area (Å²) in [4.78, 5) is 11.6. The Morgan fingerprint density at radius 1 is 1.36 bits per heavy atom. The Kier molecular flexibility index (Phi) is 4.93. The van der Waals surface area contributed by atoms with Crippen molar-refractivity contribution in [1.29, 1.82) is 0 Å². The van der Waals surface area contributed by atoms with Gasteiger partial charge in [0.1, 0.15) is 0 Å². The number of benzene rings is 1. The smallest absolute Gasteiger partial charge is 0.164 e. The molecule has 0 aliphatic rings. The number of hydrogen-bond acceptors (Lipinski definition) is 1. The summed E-state index contributed by atoms with van der Waals surface area (Å²) in [5.74, 6) is 0.723. The molecule has 0 aromatic heterocycles. The van der Waals surface area contributed by atoms with Crippen molar-refractivity contribution in [3.63, 3.8) is 0 Å². The Labute approximate surface area is 102 Å². The van der Waals surface area contributed by atoms with Gasteiger partial charge in [0.2, 0.25) is 0 Å². The Hall–Kier alpha value is -0.0500. The van der Waals surface area contributed by atoms with Crippen LogP contribution >= 0.6 is 39.1 Å². The molecule has 0 radical (unpaired) electrons. The van der Waals surface area contributed by atoms with Gasteiger partial charge in [-0.3, -0.25) is 4.79 Å². The zero-order valence-corrected chi connectivity index (χ0v) is 10.5. The Morgan fingerprint density at radius 2 is 2.07 bits per heavy atom. The second-order valence-corrected chi connectivity index (χ2v) is 4.36. The van der Waals surface area contributed by atoms with E-state index in [0.717, 1.165) is 10.0 Å². The maximum atomic E-state index is 11.6. The predicted octanol–water partition coefficient (Wildman–Crippen LogP) is 4.00. The van der Waals surface area contributed by atoms with Crippen LogP contribution in [0.15, 0.2) is 22.7 Å². The first-order chi connectivity index (χ1) is 6.69. The minimum absolute atomic E-state index is 0.0388. The van der Waals surface area contributed by atoms with Crippen LogP contribution in [0.3, 0.4) is 0 Å². The average Bonchev–Trinajstić information content (AvgIpc) is 2.18. The standard InChI is InChI=1S/C10H9BrCl2O/c11-8-2-1-7(6-13)9(5-8)10(14)3-4-12/h1-2,5H,3-4,6H2. The first kappa shape index (κ1) is 12.0. The molecule has 1 rings (SSSR count). The van der Waals surface area contributed by atoms with Crippen LogP contribution in [0.25, 0.3) is 0 Å². The van der Waals surface area contributed by atoms with Crippen LogP contribution in [0.1, 0.15) is 22.3 Å². The molecule has 0 aliphatic carbocycles. The van der Waals surface area contributed by atoms with Crippen LogP contribution in [0.4, 0.5) is 0 Å². The first-order valence-corrected chi connectivity index (χ1v) is 5.98. The van der Waals surface area contributed by atoms with Gasteiger partial charge in [0.25, 0.3) is 0 Å². The van der Waals surface area contributed by atoms with E-state index in [1.165, 1.54) is 0 Å². The second-order valence-electron chi connectivity index (χ2n) is 2.80. The highest BCUT2D eigenvalue weighted by Gasteiger charge is 2.10. The van der Waals surface area contributed by atoms with E-state index in [4.69, 9.17) is 23.2 Å². The third-order valence-corrected chi connectivity index (χ3v) is 2.81. The van der Waals surface area contributed by atoms with Crippen molar-refractivity contribution in [2.45, 2.75) is 12.3 Å². The van der Waals surface area contributed by atoms with E-state index in [9.17, 15) is 4.79 Å². The molecule has 76 valence electrons. The summed E-state index contributed by atoms with van der Waals surface area (Å²) in [5, 5.41) is 0. The van der Waals surface area contributed by atoms with E-state index >= 15 is 0 Å². The quantitative estimate of drug-likeness (QED) is 0.606. The maximum absolute atomic E-state index is 11.6. The zero-order valence-electron chi connectivity index (χ0n) is 7.40. The molecule has 0 heterocycles. The van der Waals surface area contributed by atoms with E-state index in [-0.39, 0.29) is 5.78 Å². The van der Waals surface area contributed by atoms with Crippen LogP contribution in [0, 0.1) is 0 Å².